The largest absolute Gasteiger partial charge is 0.480 e. The third-order valence-electron chi connectivity index (χ3n) is 6.06. The molecule has 1 unspecified atom stereocenters. The summed E-state index contributed by atoms with van der Waals surface area (Å²) in [6, 6.07) is -2.38. The lowest BCUT2D eigenvalue weighted by Gasteiger charge is -2.20. The van der Waals surface area contributed by atoms with Crippen molar-refractivity contribution in [3.63, 3.8) is 0 Å². The normalized spacial score (nSPS) is 13.7. The van der Waals surface area contributed by atoms with Gasteiger partial charge in [0.2, 0.25) is 11.8 Å². The molecule has 45 heavy (non-hydrogen) atoms. The van der Waals surface area contributed by atoms with Gasteiger partial charge in [-0.3, -0.25) is 19.7 Å². The van der Waals surface area contributed by atoms with Crippen molar-refractivity contribution >= 4 is 29.5 Å². The van der Waals surface area contributed by atoms with Gasteiger partial charge < -0.3 is 50.2 Å². The molecule has 0 spiro atoms. The molecule has 0 aromatic heterocycles. The number of carbonyl (C=O) groups is 5. The summed E-state index contributed by atoms with van der Waals surface area (Å²) in [6.45, 7) is 11.2. The average Bonchev–Trinajstić information content (AvgIpc) is 2.94. The van der Waals surface area contributed by atoms with Crippen molar-refractivity contribution in [3.05, 3.63) is 0 Å². The van der Waals surface area contributed by atoms with Gasteiger partial charge in [0.25, 0.3) is 0 Å². The van der Waals surface area contributed by atoms with Crippen LogP contribution in [0.25, 0.3) is 0 Å². The van der Waals surface area contributed by atoms with Crippen molar-refractivity contribution in [2.75, 3.05) is 65.9 Å². The highest BCUT2D eigenvalue weighted by atomic mass is 16.5. The molecule has 0 fully saturated rings. The molecule has 0 saturated heterocycles. The van der Waals surface area contributed by atoms with Crippen molar-refractivity contribution in [2.24, 2.45) is 5.92 Å². The van der Waals surface area contributed by atoms with E-state index in [0.717, 1.165) is 0 Å². The molecule has 16 heteroatoms. The summed E-state index contributed by atoms with van der Waals surface area (Å²) in [6.07, 6.45) is -0.964. The van der Waals surface area contributed by atoms with Gasteiger partial charge in [0.05, 0.1) is 39.6 Å². The molecule has 3 atom stereocenters. The highest BCUT2D eigenvalue weighted by Crippen LogP contribution is 2.05. The number of hydrogen-bond acceptors (Lipinski definition) is 12. The van der Waals surface area contributed by atoms with Crippen LogP contribution in [0.5, 0.6) is 0 Å². The van der Waals surface area contributed by atoms with Crippen molar-refractivity contribution in [2.45, 2.75) is 84.2 Å². The number of carboxylic acids is 2. The maximum absolute atomic E-state index is 12.0. The van der Waals surface area contributed by atoms with Gasteiger partial charge >= 0.3 is 11.9 Å². The third kappa shape index (κ3) is 25.2. The Morgan fingerprint density at radius 2 is 1.13 bits per heavy atom. The molecule has 0 bridgehead atoms. The number of aliphatic hydroxyl groups excluding tert-OH is 1. The molecule has 0 rings (SSSR count). The van der Waals surface area contributed by atoms with E-state index in [1.165, 1.54) is 0 Å². The first-order valence-corrected chi connectivity index (χ1v) is 15.2. The highest BCUT2D eigenvalue weighted by molar-refractivity contribution is 5.86. The first kappa shape index (κ1) is 42.3. The average molecular weight is 651 g/mol. The number of hydrogen-bond donors (Lipinski definition) is 7. The Hall–Kier alpha value is -2.73. The first-order valence-electron chi connectivity index (χ1n) is 15.2. The summed E-state index contributed by atoms with van der Waals surface area (Å²) in [5.41, 5.74) is -0.00328. The number of Topliss-reactive ketones (excluding diaryl/α,β-unsaturated/α-hetero) is 1. The van der Waals surface area contributed by atoms with E-state index >= 15 is 0 Å². The Bertz CT molecular complexity index is 882. The Balaban J connectivity index is 3.97. The van der Waals surface area contributed by atoms with Crippen LogP contribution in [-0.4, -0.2) is 135 Å². The Morgan fingerprint density at radius 3 is 1.60 bits per heavy atom. The second-order valence-corrected chi connectivity index (χ2v) is 11.6. The number of nitrogens with one attached hydrogen (secondary N) is 4. The van der Waals surface area contributed by atoms with E-state index in [-0.39, 0.29) is 89.1 Å². The van der Waals surface area contributed by atoms with E-state index in [2.05, 4.69) is 21.3 Å². The smallest absolute Gasteiger partial charge is 0.326 e. The van der Waals surface area contributed by atoms with E-state index in [0.29, 0.717) is 19.8 Å². The summed E-state index contributed by atoms with van der Waals surface area (Å²) in [4.78, 5) is 58.5. The molecular weight excluding hydrogens is 596 g/mol. The number of carbonyl (C=O) groups excluding carboxylic acids is 3. The zero-order valence-corrected chi connectivity index (χ0v) is 27.2. The predicted octanol–water partition coefficient (Wildman–Crippen LogP) is -0.727. The quantitative estimate of drug-likeness (QED) is 0.0409. The van der Waals surface area contributed by atoms with Crippen molar-refractivity contribution < 1.29 is 58.2 Å². The molecule has 0 radical (unpaired) electrons. The molecule has 0 aromatic carbocycles. The Kier molecular flexibility index (Phi) is 23.0. The summed E-state index contributed by atoms with van der Waals surface area (Å²) in [5, 5.41) is 39.4. The van der Waals surface area contributed by atoms with E-state index in [9.17, 15) is 39.3 Å². The number of amides is 2. The van der Waals surface area contributed by atoms with E-state index in [4.69, 9.17) is 18.9 Å². The van der Waals surface area contributed by atoms with Crippen LogP contribution in [0.2, 0.25) is 0 Å². The lowest BCUT2D eigenvalue weighted by atomic mass is 10.0. The monoisotopic (exact) mass is 650 g/mol. The van der Waals surface area contributed by atoms with Gasteiger partial charge in [-0.2, -0.15) is 0 Å². The number of rotatable bonds is 28. The van der Waals surface area contributed by atoms with E-state index < -0.39 is 42.1 Å². The molecule has 16 nitrogen and oxygen atoms in total. The van der Waals surface area contributed by atoms with Crippen LogP contribution < -0.4 is 21.3 Å². The number of aliphatic carboxylic acids is 2. The van der Waals surface area contributed by atoms with Crippen LogP contribution in [-0.2, 0) is 42.9 Å². The number of ketones is 1. The molecule has 2 amide bonds. The second-order valence-electron chi connectivity index (χ2n) is 11.6. The lowest BCUT2D eigenvalue weighted by Crippen LogP contribution is -2.44. The fourth-order valence-electron chi connectivity index (χ4n) is 3.55. The van der Waals surface area contributed by atoms with Crippen molar-refractivity contribution in [1.82, 2.24) is 21.3 Å². The van der Waals surface area contributed by atoms with Crippen molar-refractivity contribution in [3.8, 4) is 0 Å². The predicted molar refractivity (Wildman–Crippen MR) is 162 cm³/mol. The molecule has 7 N–H and O–H groups in total. The number of carboxylic acid groups (broad SMARTS) is 2. The molecule has 0 heterocycles. The van der Waals surface area contributed by atoms with Crippen LogP contribution in [0.4, 0.5) is 0 Å². The summed E-state index contributed by atoms with van der Waals surface area (Å²) >= 11 is 0. The topological polar surface area (TPSA) is 231 Å². The first-order chi connectivity index (χ1) is 21.1. The molecule has 262 valence electrons. The van der Waals surface area contributed by atoms with Gasteiger partial charge in [-0.1, -0.05) is 13.8 Å². The van der Waals surface area contributed by atoms with Gasteiger partial charge in [-0.25, -0.2) is 9.59 Å². The molecular formula is C29H54N4O12. The maximum atomic E-state index is 12.0. The van der Waals surface area contributed by atoms with Crippen LogP contribution in [0.1, 0.15) is 60.3 Å². The van der Waals surface area contributed by atoms with Crippen LogP contribution in [0.3, 0.4) is 0 Å². The zero-order chi connectivity index (χ0) is 34.3. The molecule has 0 aliphatic rings. The lowest BCUT2D eigenvalue weighted by molar-refractivity contribution is -0.143. The SMILES string of the molecule is CC(C)C(=O)CC[C@H](NC(=O)COCCOCCNC(O)CC[C@H](NC(=O)COCCOCCNC(C)(C)C)C(=O)O)C(=O)O. The highest BCUT2D eigenvalue weighted by Gasteiger charge is 2.22. The Morgan fingerprint density at radius 1 is 0.667 bits per heavy atom. The molecule has 0 aliphatic heterocycles. The van der Waals surface area contributed by atoms with E-state index in [1.54, 1.807) is 13.8 Å². The molecule has 0 saturated carbocycles. The summed E-state index contributed by atoms with van der Waals surface area (Å²) < 4.78 is 21.1. The number of aliphatic hydroxyl groups is 1. The fraction of sp³-hybridized carbons (Fsp3) is 0.828. The van der Waals surface area contributed by atoms with Crippen molar-refractivity contribution in [1.29, 1.82) is 0 Å². The fourth-order valence-corrected chi connectivity index (χ4v) is 3.55. The minimum absolute atomic E-state index is 0.00328. The minimum atomic E-state index is -1.23. The molecule has 0 aromatic rings. The Labute approximate surface area is 265 Å². The van der Waals surface area contributed by atoms with Gasteiger partial charge in [-0.15, -0.1) is 0 Å². The van der Waals surface area contributed by atoms with Gasteiger partial charge in [0.1, 0.15) is 37.3 Å². The van der Waals surface area contributed by atoms with Crippen LogP contribution in [0.15, 0.2) is 0 Å². The third-order valence-corrected chi connectivity index (χ3v) is 6.06. The van der Waals surface area contributed by atoms with Crippen LogP contribution in [0, 0.1) is 5.92 Å². The van der Waals surface area contributed by atoms with E-state index in [1.807, 2.05) is 20.8 Å². The summed E-state index contributed by atoms with van der Waals surface area (Å²) in [5.74, 6) is -3.98. The van der Waals surface area contributed by atoms with Gasteiger partial charge in [-0.05, 0) is 40.0 Å². The number of ether oxygens (including phenoxy) is 4. The minimum Gasteiger partial charge on any atom is -0.480 e. The zero-order valence-electron chi connectivity index (χ0n) is 27.2. The second kappa shape index (κ2) is 24.5. The maximum Gasteiger partial charge on any atom is 0.326 e. The standard InChI is InChI=1S/C29H54N4O12/c1-20(2)23(34)8-6-21(27(38)39)32-25(36)18-44-16-14-42-12-10-30-24(35)9-7-22(28(40)41)33-26(37)19-45-17-15-43-13-11-31-29(3,4)5/h20-22,24,30-31,35H,6-19H2,1-5H3,(H,32,36)(H,33,37)(H,38,39)(H,40,41)/t21-,22-,24?/m0/s1. The molecule has 0 aliphatic carbocycles. The van der Waals surface area contributed by atoms with Gasteiger partial charge in [0, 0.05) is 31.0 Å². The summed E-state index contributed by atoms with van der Waals surface area (Å²) in [7, 11) is 0. The van der Waals surface area contributed by atoms with Gasteiger partial charge in [0.15, 0.2) is 0 Å². The van der Waals surface area contributed by atoms with Crippen LogP contribution >= 0.6 is 0 Å².